The van der Waals surface area contributed by atoms with Crippen LogP contribution in [-0.4, -0.2) is 23.3 Å². The highest BCUT2D eigenvalue weighted by Crippen LogP contribution is 2.18. The zero-order valence-corrected chi connectivity index (χ0v) is 7.10. The Balaban J connectivity index is 3.00. The summed E-state index contributed by atoms with van der Waals surface area (Å²) in [5.41, 5.74) is 0.0850. The number of benzene rings is 1. The Morgan fingerprint density at radius 2 is 1.85 bits per heavy atom. The van der Waals surface area contributed by atoms with Crippen molar-refractivity contribution in [3.05, 3.63) is 35.9 Å². The number of esters is 1. The van der Waals surface area contributed by atoms with E-state index in [9.17, 15) is 15.0 Å². The topological polar surface area (TPSA) is 66.8 Å². The molecule has 0 radical (unpaired) electrons. The second-order valence-electron chi connectivity index (χ2n) is 2.53. The molecule has 0 aromatic heterocycles. The number of methoxy groups -OCH3 is 1. The maximum atomic E-state index is 10.9. The summed E-state index contributed by atoms with van der Waals surface area (Å²) >= 11 is 0. The monoisotopic (exact) mass is 182 g/mol. The largest absolute Gasteiger partial charge is 0.465 e. The number of hydrogen-bond acceptors (Lipinski definition) is 4. The van der Waals surface area contributed by atoms with Crippen LogP contribution in [0.4, 0.5) is 0 Å². The van der Waals surface area contributed by atoms with E-state index in [1.807, 2.05) is 0 Å². The predicted octanol–water partition coefficient (Wildman–Crippen LogP) is -0.00300. The van der Waals surface area contributed by atoms with E-state index in [0.29, 0.717) is 0 Å². The first kappa shape index (κ1) is 9.70. The van der Waals surface area contributed by atoms with Gasteiger partial charge in [-0.2, -0.15) is 0 Å². The summed E-state index contributed by atoms with van der Waals surface area (Å²) in [6.45, 7) is 0. The van der Waals surface area contributed by atoms with Gasteiger partial charge in [-0.3, -0.25) is 0 Å². The standard InChI is InChI=1S/C9H10O4/c1-13-8(10)9(11,12)7-5-3-2-4-6-7/h2-6,11-12H,1H3. The van der Waals surface area contributed by atoms with Gasteiger partial charge in [0.15, 0.2) is 0 Å². The summed E-state index contributed by atoms with van der Waals surface area (Å²) in [5.74, 6) is -3.66. The van der Waals surface area contributed by atoms with E-state index in [0.717, 1.165) is 7.11 Å². The van der Waals surface area contributed by atoms with Crippen molar-refractivity contribution in [3.63, 3.8) is 0 Å². The van der Waals surface area contributed by atoms with Crippen LogP contribution in [0.1, 0.15) is 5.56 Å². The molecule has 0 aliphatic carbocycles. The minimum absolute atomic E-state index is 0.0850. The Morgan fingerprint density at radius 3 is 2.31 bits per heavy atom. The fourth-order valence-corrected chi connectivity index (χ4v) is 0.931. The van der Waals surface area contributed by atoms with Gasteiger partial charge in [0.2, 0.25) is 0 Å². The molecule has 70 valence electrons. The normalized spacial score (nSPS) is 11.0. The number of aliphatic hydroxyl groups is 2. The fourth-order valence-electron chi connectivity index (χ4n) is 0.931. The van der Waals surface area contributed by atoms with Crippen molar-refractivity contribution in [2.45, 2.75) is 5.79 Å². The number of carbonyl (C=O) groups is 1. The summed E-state index contributed by atoms with van der Waals surface area (Å²) in [5, 5.41) is 18.7. The van der Waals surface area contributed by atoms with E-state index >= 15 is 0 Å². The molecule has 2 N–H and O–H groups in total. The molecule has 0 saturated heterocycles. The van der Waals surface area contributed by atoms with E-state index in [1.54, 1.807) is 18.2 Å². The molecule has 0 unspecified atom stereocenters. The maximum absolute atomic E-state index is 10.9. The summed E-state index contributed by atoms with van der Waals surface area (Å²) in [6, 6.07) is 7.75. The lowest BCUT2D eigenvalue weighted by Gasteiger charge is -2.18. The molecule has 0 bridgehead atoms. The van der Waals surface area contributed by atoms with Gasteiger partial charge in [0.25, 0.3) is 5.79 Å². The van der Waals surface area contributed by atoms with Crippen molar-refractivity contribution in [2.24, 2.45) is 0 Å². The van der Waals surface area contributed by atoms with Gasteiger partial charge < -0.3 is 14.9 Å². The van der Waals surface area contributed by atoms with Gasteiger partial charge in [0.05, 0.1) is 7.11 Å². The van der Waals surface area contributed by atoms with E-state index in [2.05, 4.69) is 4.74 Å². The molecule has 0 aliphatic rings. The zero-order chi connectivity index (χ0) is 9.90. The third kappa shape index (κ3) is 1.85. The zero-order valence-electron chi connectivity index (χ0n) is 7.10. The first-order chi connectivity index (χ1) is 6.09. The highest BCUT2D eigenvalue weighted by molar-refractivity contribution is 5.78. The Bertz CT molecular complexity index is 292. The van der Waals surface area contributed by atoms with E-state index in [-0.39, 0.29) is 5.56 Å². The van der Waals surface area contributed by atoms with Crippen LogP contribution in [-0.2, 0) is 15.3 Å². The minimum Gasteiger partial charge on any atom is -0.465 e. The molecule has 1 rings (SSSR count). The molecule has 0 amide bonds. The van der Waals surface area contributed by atoms with Crippen LogP contribution in [0.2, 0.25) is 0 Å². The quantitative estimate of drug-likeness (QED) is 0.499. The number of ether oxygens (including phenoxy) is 1. The second kappa shape index (κ2) is 3.55. The smallest absolute Gasteiger partial charge is 0.371 e. The van der Waals surface area contributed by atoms with Crippen molar-refractivity contribution in [2.75, 3.05) is 7.11 Å². The summed E-state index contributed by atoms with van der Waals surface area (Å²) < 4.78 is 4.23. The molecule has 13 heavy (non-hydrogen) atoms. The van der Waals surface area contributed by atoms with Crippen LogP contribution in [0.3, 0.4) is 0 Å². The Kier molecular flexibility index (Phi) is 2.65. The van der Waals surface area contributed by atoms with Crippen LogP contribution in [0.5, 0.6) is 0 Å². The van der Waals surface area contributed by atoms with Crippen molar-refractivity contribution < 1.29 is 19.7 Å². The van der Waals surface area contributed by atoms with Crippen LogP contribution in [0.25, 0.3) is 0 Å². The lowest BCUT2D eigenvalue weighted by atomic mass is 10.1. The molecular formula is C9H10O4. The molecular weight excluding hydrogens is 172 g/mol. The maximum Gasteiger partial charge on any atom is 0.371 e. The molecule has 1 aromatic rings. The summed E-state index contributed by atoms with van der Waals surface area (Å²) in [4.78, 5) is 10.9. The first-order valence-electron chi connectivity index (χ1n) is 3.67. The lowest BCUT2D eigenvalue weighted by molar-refractivity contribution is -0.211. The average Bonchev–Trinajstić information content (AvgIpc) is 2.18. The highest BCUT2D eigenvalue weighted by Gasteiger charge is 2.36. The molecule has 0 atom stereocenters. The Morgan fingerprint density at radius 1 is 1.31 bits per heavy atom. The summed E-state index contributed by atoms with van der Waals surface area (Å²) in [6.07, 6.45) is 0. The molecule has 1 aromatic carbocycles. The third-order valence-corrected chi connectivity index (χ3v) is 1.65. The number of rotatable bonds is 2. The Hall–Kier alpha value is -1.39. The molecule has 0 spiro atoms. The van der Waals surface area contributed by atoms with Crippen molar-refractivity contribution in [1.29, 1.82) is 0 Å². The lowest BCUT2D eigenvalue weighted by Crippen LogP contribution is -2.36. The highest BCUT2D eigenvalue weighted by atomic mass is 16.6. The summed E-state index contributed by atoms with van der Waals surface area (Å²) in [7, 11) is 1.09. The number of carbonyl (C=O) groups excluding carboxylic acids is 1. The van der Waals surface area contributed by atoms with Crippen LogP contribution < -0.4 is 0 Å². The van der Waals surface area contributed by atoms with Gasteiger partial charge in [-0.15, -0.1) is 0 Å². The van der Waals surface area contributed by atoms with Crippen LogP contribution in [0.15, 0.2) is 30.3 Å². The molecule has 4 nitrogen and oxygen atoms in total. The molecule has 0 aliphatic heterocycles. The molecule has 0 heterocycles. The van der Waals surface area contributed by atoms with Gasteiger partial charge in [0.1, 0.15) is 0 Å². The average molecular weight is 182 g/mol. The van der Waals surface area contributed by atoms with Crippen molar-refractivity contribution in [3.8, 4) is 0 Å². The van der Waals surface area contributed by atoms with Gasteiger partial charge in [0, 0.05) is 5.56 Å². The second-order valence-corrected chi connectivity index (χ2v) is 2.53. The first-order valence-corrected chi connectivity index (χ1v) is 3.67. The van der Waals surface area contributed by atoms with Gasteiger partial charge in [-0.1, -0.05) is 30.3 Å². The van der Waals surface area contributed by atoms with Gasteiger partial charge in [-0.05, 0) is 0 Å². The molecule has 0 fully saturated rings. The van der Waals surface area contributed by atoms with Gasteiger partial charge in [-0.25, -0.2) is 4.79 Å². The Labute approximate surface area is 75.4 Å². The van der Waals surface area contributed by atoms with Crippen molar-refractivity contribution >= 4 is 5.97 Å². The number of hydrogen-bond donors (Lipinski definition) is 2. The van der Waals surface area contributed by atoms with E-state index in [1.165, 1.54) is 12.1 Å². The fraction of sp³-hybridized carbons (Fsp3) is 0.222. The minimum atomic E-state index is -2.56. The molecule has 4 heteroatoms. The predicted molar refractivity (Wildman–Crippen MR) is 44.6 cm³/mol. The SMILES string of the molecule is COC(=O)C(O)(O)c1ccccc1. The van der Waals surface area contributed by atoms with Gasteiger partial charge >= 0.3 is 5.97 Å². The van der Waals surface area contributed by atoms with E-state index < -0.39 is 11.8 Å². The third-order valence-electron chi connectivity index (χ3n) is 1.65. The molecule has 0 saturated carbocycles. The van der Waals surface area contributed by atoms with Crippen molar-refractivity contribution in [1.82, 2.24) is 0 Å². The van der Waals surface area contributed by atoms with Crippen LogP contribution >= 0.6 is 0 Å². The van der Waals surface area contributed by atoms with E-state index in [4.69, 9.17) is 0 Å². The van der Waals surface area contributed by atoms with Crippen LogP contribution in [0, 0.1) is 0 Å².